The Kier molecular flexibility index (Phi) is 8.14. The van der Waals surface area contributed by atoms with Gasteiger partial charge in [-0.05, 0) is 73.8 Å². The van der Waals surface area contributed by atoms with E-state index in [0.29, 0.717) is 36.5 Å². The van der Waals surface area contributed by atoms with E-state index in [4.69, 9.17) is 16.3 Å². The second-order valence-electron chi connectivity index (χ2n) is 8.87. The number of rotatable bonds is 8. The first-order chi connectivity index (χ1) is 16.8. The number of halogens is 1. The maximum atomic E-state index is 12.8. The van der Waals surface area contributed by atoms with Crippen molar-refractivity contribution in [2.45, 2.75) is 43.2 Å². The van der Waals surface area contributed by atoms with Gasteiger partial charge in [-0.2, -0.15) is 0 Å². The summed E-state index contributed by atoms with van der Waals surface area (Å²) < 4.78 is 34.1. The molecule has 3 aromatic rings. The predicted molar refractivity (Wildman–Crippen MR) is 138 cm³/mol. The van der Waals surface area contributed by atoms with Crippen LogP contribution in [0.2, 0.25) is 5.02 Å². The maximum Gasteiger partial charge on any atom is 0.240 e. The van der Waals surface area contributed by atoms with Crippen molar-refractivity contribution in [2.75, 3.05) is 19.6 Å². The van der Waals surface area contributed by atoms with Crippen LogP contribution in [-0.4, -0.2) is 38.1 Å². The summed E-state index contributed by atoms with van der Waals surface area (Å²) >= 11 is 6.23. The minimum atomic E-state index is -3.75. The summed E-state index contributed by atoms with van der Waals surface area (Å²) in [5, 5.41) is 12.1. The lowest BCUT2D eigenvalue weighted by Crippen LogP contribution is -2.32. The van der Waals surface area contributed by atoms with Crippen LogP contribution in [-0.2, 0) is 22.2 Å². The molecule has 8 heteroatoms. The van der Waals surface area contributed by atoms with Gasteiger partial charge < -0.3 is 9.84 Å². The molecule has 4 rings (SSSR count). The smallest absolute Gasteiger partial charge is 0.240 e. The standard InChI is InChI=1S/C27H31ClN2O4S/c1-2-29-35(32,33)26-13-12-22(28)19-25(26)27(31)14-7-16-30(17-15-27)20-21-8-6-11-24(18-21)34-23-9-4-3-5-10-23/h3-6,8-13,18-19,29,31H,2,7,14-17,20H2,1H3. The minimum absolute atomic E-state index is 0.0884. The summed E-state index contributed by atoms with van der Waals surface area (Å²) in [7, 11) is -3.75. The van der Waals surface area contributed by atoms with Crippen LogP contribution in [0.4, 0.5) is 0 Å². The fourth-order valence-electron chi connectivity index (χ4n) is 4.56. The molecule has 2 N–H and O–H groups in total. The number of sulfonamides is 1. The van der Waals surface area contributed by atoms with Crippen LogP contribution in [0, 0.1) is 0 Å². The molecule has 0 bridgehead atoms. The SMILES string of the molecule is CCNS(=O)(=O)c1ccc(Cl)cc1C1(O)CCCN(Cc2cccc(Oc3ccccc3)c2)CC1. The van der Waals surface area contributed by atoms with Crippen molar-refractivity contribution < 1.29 is 18.3 Å². The lowest BCUT2D eigenvalue weighted by molar-refractivity contribution is 0.0182. The first kappa shape index (κ1) is 25.7. The Hall–Kier alpha value is -2.42. The number of hydrogen-bond donors (Lipinski definition) is 2. The summed E-state index contributed by atoms with van der Waals surface area (Å²) in [5.41, 5.74) is 0.198. The third-order valence-corrected chi connectivity index (χ3v) is 8.10. The van der Waals surface area contributed by atoms with Crippen LogP contribution >= 0.6 is 11.6 Å². The molecule has 1 fully saturated rings. The summed E-state index contributed by atoms with van der Waals surface area (Å²) in [6.45, 7) is 4.12. The molecule has 1 unspecified atom stereocenters. The zero-order valence-electron chi connectivity index (χ0n) is 19.8. The molecule has 1 atom stereocenters. The van der Waals surface area contributed by atoms with Crippen LogP contribution in [0.5, 0.6) is 11.5 Å². The Morgan fingerprint density at radius 3 is 2.54 bits per heavy atom. The van der Waals surface area contributed by atoms with E-state index in [9.17, 15) is 13.5 Å². The van der Waals surface area contributed by atoms with E-state index in [-0.39, 0.29) is 11.4 Å². The van der Waals surface area contributed by atoms with Gasteiger partial charge in [-0.3, -0.25) is 4.90 Å². The monoisotopic (exact) mass is 514 g/mol. The summed E-state index contributed by atoms with van der Waals surface area (Å²) in [6.07, 6.45) is 1.59. The quantitative estimate of drug-likeness (QED) is 0.426. The van der Waals surface area contributed by atoms with Crippen LogP contribution in [0.3, 0.4) is 0 Å². The lowest BCUT2D eigenvalue weighted by atomic mass is 9.87. The average Bonchev–Trinajstić information content (AvgIpc) is 3.02. The predicted octanol–water partition coefficient (Wildman–Crippen LogP) is 5.30. The topological polar surface area (TPSA) is 78.9 Å². The number of nitrogens with one attached hydrogen (secondary N) is 1. The highest BCUT2D eigenvalue weighted by molar-refractivity contribution is 7.89. The number of ether oxygens (including phenoxy) is 1. The number of para-hydroxylation sites is 1. The third kappa shape index (κ3) is 6.42. The molecule has 186 valence electrons. The van der Waals surface area contributed by atoms with Crippen LogP contribution in [0.15, 0.2) is 77.7 Å². The van der Waals surface area contributed by atoms with E-state index in [1.54, 1.807) is 19.1 Å². The number of benzene rings is 3. The molecule has 0 saturated carbocycles. The molecule has 1 aliphatic heterocycles. The van der Waals surface area contributed by atoms with Gasteiger partial charge >= 0.3 is 0 Å². The van der Waals surface area contributed by atoms with Gasteiger partial charge in [0.1, 0.15) is 11.5 Å². The van der Waals surface area contributed by atoms with E-state index in [2.05, 4.69) is 15.7 Å². The highest BCUT2D eigenvalue weighted by Crippen LogP contribution is 2.38. The largest absolute Gasteiger partial charge is 0.457 e. The van der Waals surface area contributed by atoms with E-state index in [1.165, 1.54) is 6.07 Å². The van der Waals surface area contributed by atoms with E-state index >= 15 is 0 Å². The lowest BCUT2D eigenvalue weighted by Gasteiger charge is -2.30. The zero-order valence-corrected chi connectivity index (χ0v) is 21.4. The van der Waals surface area contributed by atoms with Crippen molar-refractivity contribution >= 4 is 21.6 Å². The molecule has 1 heterocycles. The molecule has 0 aromatic heterocycles. The molecule has 6 nitrogen and oxygen atoms in total. The fraction of sp³-hybridized carbons (Fsp3) is 0.333. The second kappa shape index (κ2) is 11.1. The highest BCUT2D eigenvalue weighted by atomic mass is 35.5. The number of hydrogen-bond acceptors (Lipinski definition) is 5. The Morgan fingerprint density at radius 2 is 1.77 bits per heavy atom. The van der Waals surface area contributed by atoms with Crippen molar-refractivity contribution in [2.24, 2.45) is 0 Å². The number of nitrogens with zero attached hydrogens (tertiary/aromatic N) is 1. The fourth-order valence-corrected chi connectivity index (χ4v) is 6.05. The van der Waals surface area contributed by atoms with Gasteiger partial charge in [0.05, 0.1) is 10.5 Å². The normalized spacial score (nSPS) is 19.3. The van der Waals surface area contributed by atoms with Gasteiger partial charge in [0.15, 0.2) is 0 Å². The molecule has 1 aliphatic rings. The first-order valence-electron chi connectivity index (χ1n) is 11.9. The van der Waals surface area contributed by atoms with Gasteiger partial charge in [0.25, 0.3) is 0 Å². The first-order valence-corrected chi connectivity index (χ1v) is 13.7. The van der Waals surface area contributed by atoms with E-state index in [0.717, 1.165) is 30.0 Å². The van der Waals surface area contributed by atoms with E-state index < -0.39 is 15.6 Å². The summed E-state index contributed by atoms with van der Waals surface area (Å²) in [6, 6.07) is 22.3. The van der Waals surface area contributed by atoms with Crippen molar-refractivity contribution in [3.05, 3.63) is 88.9 Å². The Bertz CT molecular complexity index is 1250. The molecule has 0 spiro atoms. The molecule has 35 heavy (non-hydrogen) atoms. The highest BCUT2D eigenvalue weighted by Gasteiger charge is 2.36. The van der Waals surface area contributed by atoms with Gasteiger partial charge in [0, 0.05) is 30.2 Å². The summed E-state index contributed by atoms with van der Waals surface area (Å²) in [5.74, 6) is 1.56. The number of likely N-dealkylation sites (tertiary alicyclic amines) is 1. The second-order valence-corrected chi connectivity index (χ2v) is 11.0. The molecule has 0 aliphatic carbocycles. The Balaban J connectivity index is 1.49. The Labute approximate surface area is 212 Å². The van der Waals surface area contributed by atoms with Gasteiger partial charge in [0.2, 0.25) is 10.0 Å². The molecular weight excluding hydrogens is 484 g/mol. The molecule has 0 radical (unpaired) electrons. The maximum absolute atomic E-state index is 12.8. The van der Waals surface area contributed by atoms with Crippen molar-refractivity contribution in [3.63, 3.8) is 0 Å². The zero-order chi connectivity index (χ0) is 24.9. The average molecular weight is 515 g/mol. The van der Waals surface area contributed by atoms with Gasteiger partial charge in [-0.1, -0.05) is 48.9 Å². The van der Waals surface area contributed by atoms with Gasteiger partial charge in [-0.25, -0.2) is 13.1 Å². The molecule has 3 aromatic carbocycles. The molecule has 0 amide bonds. The van der Waals surface area contributed by atoms with Crippen LogP contribution in [0.25, 0.3) is 0 Å². The van der Waals surface area contributed by atoms with Gasteiger partial charge in [-0.15, -0.1) is 0 Å². The molecular formula is C27H31ClN2O4S. The van der Waals surface area contributed by atoms with Crippen molar-refractivity contribution in [1.29, 1.82) is 0 Å². The van der Waals surface area contributed by atoms with Crippen LogP contribution in [0.1, 0.15) is 37.3 Å². The number of aliphatic hydroxyl groups is 1. The van der Waals surface area contributed by atoms with Crippen molar-refractivity contribution in [3.8, 4) is 11.5 Å². The minimum Gasteiger partial charge on any atom is -0.457 e. The Morgan fingerprint density at radius 1 is 1.00 bits per heavy atom. The van der Waals surface area contributed by atoms with Crippen LogP contribution < -0.4 is 9.46 Å². The van der Waals surface area contributed by atoms with E-state index in [1.807, 2.05) is 48.5 Å². The van der Waals surface area contributed by atoms with Crippen molar-refractivity contribution in [1.82, 2.24) is 9.62 Å². The summed E-state index contributed by atoms with van der Waals surface area (Å²) in [4.78, 5) is 2.37. The molecule has 1 saturated heterocycles. The third-order valence-electron chi connectivity index (χ3n) is 6.26.